The van der Waals surface area contributed by atoms with Crippen LogP contribution in [0, 0.1) is 5.82 Å². The van der Waals surface area contributed by atoms with Gasteiger partial charge in [0.15, 0.2) is 0 Å². The number of carbonyl (C=O) groups excluding carboxylic acids is 1. The van der Waals surface area contributed by atoms with Gasteiger partial charge in [0, 0.05) is 5.69 Å². The minimum atomic E-state index is -3.77. The van der Waals surface area contributed by atoms with Gasteiger partial charge in [0.2, 0.25) is 15.9 Å². The standard InChI is InChI=1S/C18H21FN2O3S/c1-3-13(2)14-4-10-17(11-5-14)25(23,24)20-12-18(22)21-16-8-6-15(19)7-9-16/h4-11,13,20H,3,12H2,1-2H3,(H,21,22). The second-order valence-corrected chi connectivity index (χ2v) is 7.52. The molecule has 0 saturated heterocycles. The maximum absolute atomic E-state index is 12.8. The first-order chi connectivity index (χ1) is 11.8. The van der Waals surface area contributed by atoms with Gasteiger partial charge in [-0.2, -0.15) is 0 Å². The third-order valence-corrected chi connectivity index (χ3v) is 5.34. The lowest BCUT2D eigenvalue weighted by molar-refractivity contribution is -0.115. The Bertz CT molecular complexity index is 818. The summed E-state index contributed by atoms with van der Waals surface area (Å²) in [4.78, 5) is 11.9. The monoisotopic (exact) mass is 364 g/mol. The molecule has 7 heteroatoms. The maximum atomic E-state index is 12.8. The number of halogens is 1. The van der Waals surface area contributed by atoms with Crippen LogP contribution in [0.1, 0.15) is 31.7 Å². The Morgan fingerprint density at radius 2 is 1.68 bits per heavy atom. The van der Waals surface area contributed by atoms with Crippen molar-refractivity contribution in [2.24, 2.45) is 0 Å². The first kappa shape index (κ1) is 19.1. The topological polar surface area (TPSA) is 75.3 Å². The Morgan fingerprint density at radius 1 is 1.08 bits per heavy atom. The molecule has 0 aromatic heterocycles. The number of benzene rings is 2. The lowest BCUT2D eigenvalue weighted by Crippen LogP contribution is -2.32. The lowest BCUT2D eigenvalue weighted by atomic mass is 9.99. The zero-order valence-electron chi connectivity index (χ0n) is 14.1. The number of amides is 1. The van der Waals surface area contributed by atoms with Crippen molar-refractivity contribution in [1.82, 2.24) is 4.72 Å². The highest BCUT2D eigenvalue weighted by Gasteiger charge is 2.16. The van der Waals surface area contributed by atoms with E-state index in [9.17, 15) is 17.6 Å². The van der Waals surface area contributed by atoms with E-state index >= 15 is 0 Å². The minimum Gasteiger partial charge on any atom is -0.325 e. The third kappa shape index (κ3) is 5.37. The molecular weight excluding hydrogens is 343 g/mol. The molecular formula is C18H21FN2O3S. The molecule has 2 aromatic rings. The molecule has 0 heterocycles. The molecule has 0 aliphatic heterocycles. The first-order valence-electron chi connectivity index (χ1n) is 7.97. The fourth-order valence-electron chi connectivity index (χ4n) is 2.19. The Morgan fingerprint density at radius 3 is 2.24 bits per heavy atom. The largest absolute Gasteiger partial charge is 0.325 e. The Balaban J connectivity index is 1.96. The Kier molecular flexibility index (Phi) is 6.27. The average Bonchev–Trinajstić information content (AvgIpc) is 2.61. The normalized spacial score (nSPS) is 12.6. The van der Waals surface area contributed by atoms with Crippen LogP contribution in [-0.2, 0) is 14.8 Å². The van der Waals surface area contributed by atoms with Crippen molar-refractivity contribution in [1.29, 1.82) is 0 Å². The number of hydrogen-bond acceptors (Lipinski definition) is 3. The molecule has 0 spiro atoms. The number of anilines is 1. The molecule has 0 fully saturated rings. The van der Waals surface area contributed by atoms with Gasteiger partial charge in [-0.3, -0.25) is 4.79 Å². The van der Waals surface area contributed by atoms with Crippen molar-refractivity contribution in [2.75, 3.05) is 11.9 Å². The number of sulfonamides is 1. The van der Waals surface area contributed by atoms with Crippen LogP contribution in [0.3, 0.4) is 0 Å². The van der Waals surface area contributed by atoms with Crippen LogP contribution in [0.5, 0.6) is 0 Å². The molecule has 0 saturated carbocycles. The number of rotatable bonds is 7. The summed E-state index contributed by atoms with van der Waals surface area (Å²) in [5, 5.41) is 2.49. The van der Waals surface area contributed by atoms with E-state index in [4.69, 9.17) is 0 Å². The fourth-order valence-corrected chi connectivity index (χ4v) is 3.18. The van der Waals surface area contributed by atoms with Crippen LogP contribution in [0.15, 0.2) is 53.4 Å². The van der Waals surface area contributed by atoms with E-state index in [0.29, 0.717) is 11.6 Å². The van der Waals surface area contributed by atoms with Gasteiger partial charge in [-0.1, -0.05) is 26.0 Å². The van der Waals surface area contributed by atoms with E-state index in [1.165, 1.54) is 36.4 Å². The van der Waals surface area contributed by atoms with Crippen LogP contribution >= 0.6 is 0 Å². The summed E-state index contributed by atoms with van der Waals surface area (Å²) in [6.07, 6.45) is 0.966. The average molecular weight is 364 g/mol. The molecule has 2 N–H and O–H groups in total. The fraction of sp³-hybridized carbons (Fsp3) is 0.278. The molecule has 1 amide bonds. The third-order valence-electron chi connectivity index (χ3n) is 3.92. The molecule has 2 aromatic carbocycles. The van der Waals surface area contributed by atoms with Crippen LogP contribution in [0.4, 0.5) is 10.1 Å². The van der Waals surface area contributed by atoms with Crippen LogP contribution in [0.2, 0.25) is 0 Å². The summed E-state index contributed by atoms with van der Waals surface area (Å²) in [5.74, 6) is -0.600. The highest BCUT2D eigenvalue weighted by Crippen LogP contribution is 2.20. The van der Waals surface area contributed by atoms with E-state index < -0.39 is 28.3 Å². The van der Waals surface area contributed by atoms with Crippen LogP contribution in [0.25, 0.3) is 0 Å². The van der Waals surface area contributed by atoms with Gasteiger partial charge in [-0.05, 0) is 54.3 Å². The summed E-state index contributed by atoms with van der Waals surface area (Å²) in [5.41, 5.74) is 1.46. The van der Waals surface area contributed by atoms with Crippen molar-refractivity contribution in [3.8, 4) is 0 Å². The number of hydrogen-bond donors (Lipinski definition) is 2. The van der Waals surface area contributed by atoms with Gasteiger partial charge >= 0.3 is 0 Å². The second-order valence-electron chi connectivity index (χ2n) is 5.76. The van der Waals surface area contributed by atoms with Gasteiger partial charge in [0.1, 0.15) is 5.82 Å². The van der Waals surface area contributed by atoms with Crippen LogP contribution < -0.4 is 10.0 Å². The molecule has 134 valence electrons. The van der Waals surface area contributed by atoms with Gasteiger partial charge in [-0.25, -0.2) is 17.5 Å². The number of nitrogens with one attached hydrogen (secondary N) is 2. The molecule has 0 aliphatic carbocycles. The predicted molar refractivity (Wildman–Crippen MR) is 95.4 cm³/mol. The molecule has 1 atom stereocenters. The lowest BCUT2D eigenvalue weighted by Gasteiger charge is -2.11. The summed E-state index contributed by atoms with van der Waals surface area (Å²) in [6, 6.07) is 11.8. The SMILES string of the molecule is CCC(C)c1ccc(S(=O)(=O)NCC(=O)Nc2ccc(F)cc2)cc1. The molecule has 0 bridgehead atoms. The summed E-state index contributed by atoms with van der Waals surface area (Å²) < 4.78 is 39.6. The van der Waals surface area contributed by atoms with Crippen molar-refractivity contribution >= 4 is 21.6 Å². The molecule has 2 rings (SSSR count). The summed E-state index contributed by atoms with van der Waals surface area (Å²) in [6.45, 7) is 3.73. The van der Waals surface area contributed by atoms with Crippen molar-refractivity contribution in [3.05, 3.63) is 59.9 Å². The van der Waals surface area contributed by atoms with E-state index in [1.54, 1.807) is 12.1 Å². The van der Waals surface area contributed by atoms with E-state index in [-0.39, 0.29) is 4.90 Å². The number of carbonyl (C=O) groups is 1. The van der Waals surface area contributed by atoms with Gasteiger partial charge in [-0.15, -0.1) is 0 Å². The summed E-state index contributed by atoms with van der Waals surface area (Å²) in [7, 11) is -3.77. The predicted octanol–water partition coefficient (Wildman–Crippen LogP) is 3.26. The molecule has 25 heavy (non-hydrogen) atoms. The maximum Gasteiger partial charge on any atom is 0.241 e. The molecule has 1 unspecified atom stereocenters. The van der Waals surface area contributed by atoms with E-state index in [2.05, 4.69) is 23.9 Å². The van der Waals surface area contributed by atoms with Crippen LogP contribution in [-0.4, -0.2) is 20.9 Å². The quantitative estimate of drug-likeness (QED) is 0.792. The zero-order chi connectivity index (χ0) is 18.4. The highest BCUT2D eigenvalue weighted by atomic mass is 32.2. The highest BCUT2D eigenvalue weighted by molar-refractivity contribution is 7.89. The smallest absolute Gasteiger partial charge is 0.241 e. The molecule has 0 radical (unpaired) electrons. The molecule has 0 aliphatic rings. The van der Waals surface area contributed by atoms with Gasteiger partial charge in [0.05, 0.1) is 11.4 Å². The zero-order valence-corrected chi connectivity index (χ0v) is 14.9. The van der Waals surface area contributed by atoms with Gasteiger partial charge in [0.25, 0.3) is 0 Å². The van der Waals surface area contributed by atoms with Crippen molar-refractivity contribution in [2.45, 2.75) is 31.1 Å². The van der Waals surface area contributed by atoms with Crippen molar-refractivity contribution in [3.63, 3.8) is 0 Å². The second kappa shape index (κ2) is 8.22. The Labute approximate surface area is 147 Å². The van der Waals surface area contributed by atoms with Gasteiger partial charge < -0.3 is 5.32 Å². The van der Waals surface area contributed by atoms with E-state index in [1.807, 2.05) is 0 Å². The van der Waals surface area contributed by atoms with E-state index in [0.717, 1.165) is 12.0 Å². The van der Waals surface area contributed by atoms with Crippen molar-refractivity contribution < 1.29 is 17.6 Å². The Hall–Kier alpha value is -2.25. The summed E-state index contributed by atoms with van der Waals surface area (Å²) >= 11 is 0. The first-order valence-corrected chi connectivity index (χ1v) is 9.45. The minimum absolute atomic E-state index is 0.106. The molecule has 5 nitrogen and oxygen atoms in total.